The number of hydrazine groups is 1. The average Bonchev–Trinajstić information content (AvgIpc) is 2.97. The maximum absolute atomic E-state index is 5.55. The molecule has 0 atom stereocenters. The van der Waals surface area contributed by atoms with E-state index in [9.17, 15) is 0 Å². The van der Waals surface area contributed by atoms with Gasteiger partial charge in [-0.25, -0.2) is 15.8 Å². The molecule has 16 heavy (non-hydrogen) atoms. The smallest absolute Gasteiger partial charge is 0.147 e. The van der Waals surface area contributed by atoms with Crippen LogP contribution in [0.2, 0.25) is 0 Å². The van der Waals surface area contributed by atoms with Gasteiger partial charge in [0.15, 0.2) is 0 Å². The van der Waals surface area contributed by atoms with Crippen LogP contribution >= 0.6 is 0 Å². The minimum absolute atomic E-state index is 0.568. The first kappa shape index (κ1) is 10.0. The zero-order valence-electron chi connectivity index (χ0n) is 9.50. The van der Waals surface area contributed by atoms with Gasteiger partial charge in [-0.1, -0.05) is 12.8 Å². The first-order valence-electron chi connectivity index (χ1n) is 6.25. The quantitative estimate of drug-likeness (QED) is 0.588. The summed E-state index contributed by atoms with van der Waals surface area (Å²) in [7, 11) is 0. The number of hydrogen-bond donors (Lipinski definition) is 2. The maximum atomic E-state index is 5.55. The van der Waals surface area contributed by atoms with Gasteiger partial charge < -0.3 is 5.43 Å². The number of fused-ring (bicyclic) bond motifs is 1. The van der Waals surface area contributed by atoms with Crippen molar-refractivity contribution in [2.45, 2.75) is 50.9 Å². The van der Waals surface area contributed by atoms with Crippen molar-refractivity contribution < 1.29 is 0 Å². The number of anilines is 1. The third-order valence-corrected chi connectivity index (χ3v) is 3.81. The summed E-state index contributed by atoms with van der Waals surface area (Å²) < 4.78 is 0. The van der Waals surface area contributed by atoms with Crippen molar-refractivity contribution in [2.24, 2.45) is 5.84 Å². The average molecular weight is 218 g/mol. The van der Waals surface area contributed by atoms with Crippen molar-refractivity contribution >= 4 is 5.82 Å². The maximum Gasteiger partial charge on any atom is 0.147 e. The Hall–Kier alpha value is -1.16. The third kappa shape index (κ3) is 1.57. The van der Waals surface area contributed by atoms with Crippen molar-refractivity contribution in [3.8, 4) is 0 Å². The van der Waals surface area contributed by atoms with Gasteiger partial charge in [0.1, 0.15) is 11.6 Å². The fraction of sp³-hybridized carbons (Fsp3) is 0.667. The second-order valence-corrected chi connectivity index (χ2v) is 4.83. The highest BCUT2D eigenvalue weighted by atomic mass is 15.3. The number of nitrogen functional groups attached to an aromatic ring is 1. The summed E-state index contributed by atoms with van der Waals surface area (Å²) >= 11 is 0. The van der Waals surface area contributed by atoms with E-state index >= 15 is 0 Å². The molecule has 1 saturated carbocycles. The summed E-state index contributed by atoms with van der Waals surface area (Å²) in [4.78, 5) is 9.33. The number of rotatable bonds is 2. The summed E-state index contributed by atoms with van der Waals surface area (Å²) in [6.45, 7) is 0. The Balaban J connectivity index is 2.00. The number of hydrogen-bond acceptors (Lipinski definition) is 4. The van der Waals surface area contributed by atoms with E-state index < -0.39 is 0 Å². The van der Waals surface area contributed by atoms with Gasteiger partial charge in [-0.15, -0.1) is 0 Å². The normalized spacial score (nSPS) is 20.1. The van der Waals surface area contributed by atoms with Gasteiger partial charge >= 0.3 is 0 Å². The molecular formula is C12H18N4. The molecular weight excluding hydrogens is 200 g/mol. The summed E-state index contributed by atoms with van der Waals surface area (Å²) in [6, 6.07) is 0. The molecule has 2 aliphatic rings. The number of aromatic nitrogens is 2. The van der Waals surface area contributed by atoms with Gasteiger partial charge in [0.2, 0.25) is 0 Å². The first-order chi connectivity index (χ1) is 7.88. The van der Waals surface area contributed by atoms with Crippen LogP contribution in [0.15, 0.2) is 0 Å². The largest absolute Gasteiger partial charge is 0.308 e. The molecule has 0 bridgehead atoms. The van der Waals surface area contributed by atoms with Crippen LogP contribution in [0.4, 0.5) is 5.82 Å². The van der Waals surface area contributed by atoms with Crippen LogP contribution in [-0.4, -0.2) is 9.97 Å². The Morgan fingerprint density at radius 2 is 1.88 bits per heavy atom. The number of aryl methyl sites for hydroxylation is 1. The molecule has 1 aromatic rings. The van der Waals surface area contributed by atoms with E-state index in [-0.39, 0.29) is 0 Å². The monoisotopic (exact) mass is 218 g/mol. The molecule has 0 aliphatic heterocycles. The lowest BCUT2D eigenvalue weighted by Crippen LogP contribution is -2.14. The van der Waals surface area contributed by atoms with E-state index in [1.807, 2.05) is 0 Å². The van der Waals surface area contributed by atoms with Crippen molar-refractivity contribution in [2.75, 3.05) is 5.43 Å². The Kier molecular flexibility index (Phi) is 2.52. The Bertz CT molecular complexity index is 396. The van der Waals surface area contributed by atoms with Crippen molar-refractivity contribution in [1.29, 1.82) is 0 Å². The van der Waals surface area contributed by atoms with Crippen LogP contribution in [0.1, 0.15) is 55.1 Å². The topological polar surface area (TPSA) is 63.8 Å². The first-order valence-corrected chi connectivity index (χ1v) is 6.25. The molecule has 4 heteroatoms. The van der Waals surface area contributed by atoms with Crippen LogP contribution in [0.5, 0.6) is 0 Å². The van der Waals surface area contributed by atoms with Gasteiger partial charge in [0, 0.05) is 17.2 Å². The standard InChI is InChI=1S/C12H18N4/c13-16-12-9-6-3-7-10(9)14-11(15-12)8-4-1-2-5-8/h8H,1-7,13H2,(H,14,15,16). The van der Waals surface area contributed by atoms with Gasteiger partial charge in [-0.2, -0.15) is 0 Å². The number of nitrogens with two attached hydrogens (primary N) is 1. The van der Waals surface area contributed by atoms with E-state index in [2.05, 4.69) is 10.4 Å². The van der Waals surface area contributed by atoms with Crippen LogP contribution < -0.4 is 11.3 Å². The number of nitrogens with zero attached hydrogens (tertiary/aromatic N) is 2. The van der Waals surface area contributed by atoms with Crippen molar-refractivity contribution in [3.05, 3.63) is 17.1 Å². The molecule has 3 rings (SSSR count). The summed E-state index contributed by atoms with van der Waals surface area (Å²) in [5.41, 5.74) is 5.21. The highest BCUT2D eigenvalue weighted by molar-refractivity contribution is 5.48. The molecule has 0 radical (unpaired) electrons. The molecule has 0 amide bonds. The van der Waals surface area contributed by atoms with E-state index in [1.54, 1.807) is 0 Å². The zero-order valence-corrected chi connectivity index (χ0v) is 9.50. The summed E-state index contributed by atoms with van der Waals surface area (Å²) in [5.74, 6) is 8.00. The van der Waals surface area contributed by atoms with Gasteiger partial charge in [0.05, 0.1) is 0 Å². The molecule has 2 aliphatic carbocycles. The molecule has 0 unspecified atom stereocenters. The van der Waals surface area contributed by atoms with Crippen LogP contribution in [0.25, 0.3) is 0 Å². The lowest BCUT2D eigenvalue weighted by atomic mass is 10.1. The molecule has 1 fully saturated rings. The Morgan fingerprint density at radius 1 is 1.06 bits per heavy atom. The molecule has 0 spiro atoms. The Morgan fingerprint density at radius 3 is 2.62 bits per heavy atom. The van der Waals surface area contributed by atoms with E-state index in [0.717, 1.165) is 24.5 Å². The summed E-state index contributed by atoms with van der Waals surface area (Å²) in [5, 5.41) is 0. The van der Waals surface area contributed by atoms with E-state index in [0.29, 0.717) is 5.92 Å². The van der Waals surface area contributed by atoms with Crippen molar-refractivity contribution in [1.82, 2.24) is 9.97 Å². The van der Waals surface area contributed by atoms with E-state index in [1.165, 1.54) is 43.4 Å². The predicted molar refractivity (Wildman–Crippen MR) is 63.1 cm³/mol. The molecule has 4 nitrogen and oxygen atoms in total. The lowest BCUT2D eigenvalue weighted by molar-refractivity contribution is 0.662. The molecule has 1 aromatic heterocycles. The molecule has 1 heterocycles. The van der Waals surface area contributed by atoms with Gasteiger partial charge in [0.25, 0.3) is 0 Å². The summed E-state index contributed by atoms with van der Waals surface area (Å²) in [6.07, 6.45) is 8.46. The fourth-order valence-corrected chi connectivity index (χ4v) is 2.94. The van der Waals surface area contributed by atoms with E-state index in [4.69, 9.17) is 10.8 Å². The second kappa shape index (κ2) is 4.01. The van der Waals surface area contributed by atoms with Crippen LogP contribution in [0, 0.1) is 0 Å². The minimum Gasteiger partial charge on any atom is -0.308 e. The Labute approximate surface area is 95.6 Å². The molecule has 3 N–H and O–H groups in total. The zero-order chi connectivity index (χ0) is 11.0. The molecule has 0 saturated heterocycles. The minimum atomic E-state index is 0.568. The molecule has 0 aromatic carbocycles. The number of nitrogens with one attached hydrogen (secondary N) is 1. The molecule has 86 valence electrons. The van der Waals surface area contributed by atoms with Gasteiger partial charge in [-0.3, -0.25) is 0 Å². The lowest BCUT2D eigenvalue weighted by Gasteiger charge is -2.12. The highest BCUT2D eigenvalue weighted by Crippen LogP contribution is 2.34. The fourth-order valence-electron chi connectivity index (χ4n) is 2.94. The van der Waals surface area contributed by atoms with Crippen LogP contribution in [0.3, 0.4) is 0 Å². The van der Waals surface area contributed by atoms with Crippen LogP contribution in [-0.2, 0) is 12.8 Å². The third-order valence-electron chi connectivity index (χ3n) is 3.81. The predicted octanol–water partition coefficient (Wildman–Crippen LogP) is 1.91. The SMILES string of the molecule is NNc1nc(C2CCCC2)nc2c1CCC2. The van der Waals surface area contributed by atoms with Gasteiger partial charge in [-0.05, 0) is 32.1 Å². The van der Waals surface area contributed by atoms with Crippen molar-refractivity contribution in [3.63, 3.8) is 0 Å². The highest BCUT2D eigenvalue weighted by Gasteiger charge is 2.24. The second-order valence-electron chi connectivity index (χ2n) is 4.83.